The van der Waals surface area contributed by atoms with E-state index in [9.17, 15) is 0 Å². The first-order valence-electron chi connectivity index (χ1n) is 4.13. The Hall–Kier alpha value is -0.960. The molecule has 0 aliphatic rings. The summed E-state index contributed by atoms with van der Waals surface area (Å²) >= 11 is 1.43. The van der Waals surface area contributed by atoms with Crippen LogP contribution in [-0.2, 0) is 0 Å². The third kappa shape index (κ3) is 2.77. The van der Waals surface area contributed by atoms with Crippen LogP contribution in [0.3, 0.4) is 0 Å². The highest BCUT2D eigenvalue weighted by Gasteiger charge is 2.00. The Balaban J connectivity index is 2.85. The Morgan fingerprint density at radius 2 is 2.31 bits per heavy atom. The Kier molecular flexibility index (Phi) is 3.83. The zero-order valence-corrected chi connectivity index (χ0v) is 8.65. The summed E-state index contributed by atoms with van der Waals surface area (Å²) in [5.41, 5.74) is 0.915. The van der Waals surface area contributed by atoms with Gasteiger partial charge in [0, 0.05) is 5.56 Å². The molecule has 0 aliphatic heterocycles. The lowest BCUT2D eigenvalue weighted by Crippen LogP contribution is -1.95. The summed E-state index contributed by atoms with van der Waals surface area (Å²) in [6.45, 7) is 2.61. The van der Waals surface area contributed by atoms with E-state index >= 15 is 0 Å². The lowest BCUT2D eigenvalue weighted by Gasteiger charge is -2.05. The summed E-state index contributed by atoms with van der Waals surface area (Å²) in [7, 11) is 0. The first kappa shape index (κ1) is 10.1. The Labute approximate surface area is 82.8 Å². The van der Waals surface area contributed by atoms with Crippen molar-refractivity contribution in [3.8, 4) is 5.75 Å². The Bertz CT molecular complexity index is 299. The van der Waals surface area contributed by atoms with Crippen LogP contribution >= 0.6 is 11.8 Å². The number of nitrogens with one attached hydrogen (secondary N) is 1. The maximum absolute atomic E-state index is 7.61. The molecule has 1 aromatic carbocycles. The van der Waals surface area contributed by atoms with Crippen molar-refractivity contribution in [2.45, 2.75) is 6.92 Å². The van der Waals surface area contributed by atoms with Crippen molar-refractivity contribution >= 4 is 16.8 Å². The summed E-state index contributed by atoms with van der Waals surface area (Å²) in [6.07, 6.45) is 1.90. The van der Waals surface area contributed by atoms with E-state index in [0.29, 0.717) is 11.7 Å². The number of ether oxygens (including phenoxy) is 1. The number of rotatable bonds is 3. The van der Waals surface area contributed by atoms with Crippen LogP contribution < -0.4 is 4.74 Å². The minimum atomic E-state index is 0.571. The number of benzene rings is 1. The standard InChI is InChI=1S/C10H13NOS/c1-3-12-9-6-4-5-8(7-9)10(11)13-2/h4-7,11H,3H2,1-2H3. The van der Waals surface area contributed by atoms with Crippen molar-refractivity contribution in [3.05, 3.63) is 29.8 Å². The Morgan fingerprint density at radius 3 is 2.92 bits per heavy atom. The van der Waals surface area contributed by atoms with Gasteiger partial charge in [-0.3, -0.25) is 5.41 Å². The minimum absolute atomic E-state index is 0.571. The lowest BCUT2D eigenvalue weighted by molar-refractivity contribution is 0.340. The van der Waals surface area contributed by atoms with E-state index in [1.54, 1.807) is 0 Å². The molecule has 0 radical (unpaired) electrons. The normalized spacial score (nSPS) is 9.69. The molecule has 0 atom stereocenters. The average Bonchev–Trinajstić information content (AvgIpc) is 2.18. The van der Waals surface area contributed by atoms with Crippen molar-refractivity contribution < 1.29 is 4.74 Å². The third-order valence-electron chi connectivity index (χ3n) is 1.61. The van der Waals surface area contributed by atoms with Crippen LogP contribution in [-0.4, -0.2) is 17.9 Å². The molecule has 0 saturated heterocycles. The highest BCUT2D eigenvalue weighted by Crippen LogP contribution is 2.16. The minimum Gasteiger partial charge on any atom is -0.494 e. The second kappa shape index (κ2) is 4.92. The van der Waals surface area contributed by atoms with E-state index in [1.807, 2.05) is 37.4 Å². The van der Waals surface area contributed by atoms with Gasteiger partial charge in [-0.1, -0.05) is 12.1 Å². The topological polar surface area (TPSA) is 33.1 Å². The predicted octanol–water partition coefficient (Wildman–Crippen LogP) is 2.77. The molecule has 3 heteroatoms. The molecule has 0 spiro atoms. The SMILES string of the molecule is CCOc1cccc(C(=N)SC)c1. The van der Waals surface area contributed by atoms with Crippen LogP contribution in [0.4, 0.5) is 0 Å². The highest BCUT2D eigenvalue weighted by atomic mass is 32.2. The second-order valence-corrected chi connectivity index (χ2v) is 3.31. The fraction of sp³-hybridized carbons (Fsp3) is 0.300. The molecule has 0 saturated carbocycles. The van der Waals surface area contributed by atoms with Gasteiger partial charge in [0.1, 0.15) is 5.75 Å². The molecule has 0 unspecified atom stereocenters. The van der Waals surface area contributed by atoms with Gasteiger partial charge in [0.2, 0.25) is 0 Å². The number of hydrogen-bond acceptors (Lipinski definition) is 3. The molecular weight excluding hydrogens is 182 g/mol. The maximum Gasteiger partial charge on any atom is 0.119 e. The van der Waals surface area contributed by atoms with Gasteiger partial charge in [0.05, 0.1) is 11.7 Å². The molecular formula is C10H13NOS. The van der Waals surface area contributed by atoms with Crippen LogP contribution in [0.5, 0.6) is 5.75 Å². The van der Waals surface area contributed by atoms with Gasteiger partial charge in [0.15, 0.2) is 0 Å². The molecule has 0 aromatic heterocycles. The van der Waals surface area contributed by atoms with E-state index in [1.165, 1.54) is 11.8 Å². The van der Waals surface area contributed by atoms with Crippen molar-refractivity contribution in [1.29, 1.82) is 5.41 Å². The lowest BCUT2D eigenvalue weighted by atomic mass is 10.2. The Morgan fingerprint density at radius 1 is 1.54 bits per heavy atom. The molecule has 1 N–H and O–H groups in total. The first-order chi connectivity index (χ1) is 6.27. The van der Waals surface area contributed by atoms with Gasteiger partial charge in [0.25, 0.3) is 0 Å². The zero-order valence-electron chi connectivity index (χ0n) is 7.83. The van der Waals surface area contributed by atoms with Gasteiger partial charge < -0.3 is 4.74 Å². The maximum atomic E-state index is 7.61. The van der Waals surface area contributed by atoms with E-state index in [2.05, 4.69) is 0 Å². The molecule has 0 aliphatic carbocycles. The molecule has 2 nitrogen and oxygen atoms in total. The molecule has 1 rings (SSSR count). The van der Waals surface area contributed by atoms with Gasteiger partial charge in [-0.2, -0.15) is 0 Å². The van der Waals surface area contributed by atoms with Crippen LogP contribution in [0, 0.1) is 5.41 Å². The third-order valence-corrected chi connectivity index (χ3v) is 2.26. The van der Waals surface area contributed by atoms with Crippen molar-refractivity contribution in [3.63, 3.8) is 0 Å². The van der Waals surface area contributed by atoms with Crippen LogP contribution in [0.25, 0.3) is 0 Å². The smallest absolute Gasteiger partial charge is 0.119 e. The van der Waals surface area contributed by atoms with Gasteiger partial charge >= 0.3 is 0 Å². The van der Waals surface area contributed by atoms with Crippen LogP contribution in [0.2, 0.25) is 0 Å². The first-order valence-corrected chi connectivity index (χ1v) is 5.36. The highest BCUT2D eigenvalue weighted by molar-refractivity contribution is 8.13. The van der Waals surface area contributed by atoms with Gasteiger partial charge in [-0.05, 0) is 25.3 Å². The number of thioether (sulfide) groups is 1. The summed E-state index contributed by atoms with van der Waals surface area (Å²) in [5.74, 6) is 0.832. The van der Waals surface area contributed by atoms with Crippen LogP contribution in [0.1, 0.15) is 12.5 Å². The van der Waals surface area contributed by atoms with Gasteiger partial charge in [-0.15, -0.1) is 11.8 Å². The monoisotopic (exact) mass is 195 g/mol. The van der Waals surface area contributed by atoms with Crippen molar-refractivity contribution in [1.82, 2.24) is 0 Å². The molecule has 0 heterocycles. The molecule has 70 valence electrons. The molecule has 0 bridgehead atoms. The summed E-state index contributed by atoms with van der Waals surface area (Å²) in [5, 5.41) is 8.19. The van der Waals surface area contributed by atoms with Crippen molar-refractivity contribution in [2.24, 2.45) is 0 Å². The molecule has 0 amide bonds. The number of hydrogen-bond donors (Lipinski definition) is 1. The van der Waals surface area contributed by atoms with Gasteiger partial charge in [-0.25, -0.2) is 0 Å². The molecule has 1 aromatic rings. The second-order valence-electron chi connectivity index (χ2n) is 2.49. The quantitative estimate of drug-likeness (QED) is 0.594. The summed E-state index contributed by atoms with van der Waals surface area (Å²) < 4.78 is 5.34. The predicted molar refractivity (Wildman–Crippen MR) is 58.0 cm³/mol. The van der Waals surface area contributed by atoms with E-state index in [0.717, 1.165) is 11.3 Å². The summed E-state index contributed by atoms with van der Waals surface area (Å²) in [6, 6.07) is 7.62. The largest absolute Gasteiger partial charge is 0.494 e. The summed E-state index contributed by atoms with van der Waals surface area (Å²) in [4.78, 5) is 0. The fourth-order valence-electron chi connectivity index (χ4n) is 1.01. The van der Waals surface area contributed by atoms with Crippen LogP contribution in [0.15, 0.2) is 24.3 Å². The fourth-order valence-corrected chi connectivity index (χ4v) is 1.37. The molecule has 0 fully saturated rings. The zero-order chi connectivity index (χ0) is 9.68. The van der Waals surface area contributed by atoms with Crippen molar-refractivity contribution in [2.75, 3.05) is 12.9 Å². The van der Waals surface area contributed by atoms with E-state index < -0.39 is 0 Å². The molecule has 13 heavy (non-hydrogen) atoms. The van der Waals surface area contributed by atoms with E-state index in [4.69, 9.17) is 10.1 Å². The van der Waals surface area contributed by atoms with E-state index in [-0.39, 0.29) is 0 Å². The average molecular weight is 195 g/mol.